The van der Waals surface area contributed by atoms with E-state index >= 15 is 0 Å². The quantitative estimate of drug-likeness (QED) is 0.729. The van der Waals surface area contributed by atoms with Crippen molar-refractivity contribution in [2.24, 2.45) is 0 Å². The van der Waals surface area contributed by atoms with E-state index in [9.17, 15) is 13.0 Å². The van der Waals surface area contributed by atoms with Crippen LogP contribution in [0.2, 0.25) is 0 Å². The molecule has 0 bridgehead atoms. The normalized spacial score (nSPS) is 12.1. The fourth-order valence-electron chi connectivity index (χ4n) is 1.80. The molecule has 2 rings (SSSR count). The topological polar surface area (TPSA) is 26.3 Å². The van der Waals surface area contributed by atoms with Crippen LogP contribution in [0.4, 0.5) is 8.78 Å². The summed E-state index contributed by atoms with van der Waals surface area (Å²) in [5, 5.41) is 0. The first-order valence-electron chi connectivity index (χ1n) is 6.62. The molecule has 2 nitrogen and oxygen atoms in total. The lowest BCUT2D eigenvalue weighted by Gasteiger charge is -2.06. The van der Waals surface area contributed by atoms with Crippen LogP contribution in [0.15, 0.2) is 48.5 Å². The first kappa shape index (κ1) is 15.6. The van der Waals surface area contributed by atoms with Crippen molar-refractivity contribution in [1.29, 1.82) is 0 Å². The van der Waals surface area contributed by atoms with E-state index in [0.29, 0.717) is 30.1 Å². The Labute approximate surface area is 125 Å². The average Bonchev–Trinajstić information content (AvgIpc) is 2.48. The van der Waals surface area contributed by atoms with Crippen molar-refractivity contribution in [3.8, 4) is 5.75 Å². The Balaban J connectivity index is 1.70. The number of rotatable bonds is 7. The van der Waals surface area contributed by atoms with Gasteiger partial charge in [0.05, 0.1) is 12.4 Å². The Morgan fingerprint density at radius 1 is 1.00 bits per heavy atom. The minimum absolute atomic E-state index is 0.212. The molecule has 2 aromatic carbocycles. The highest BCUT2D eigenvalue weighted by Crippen LogP contribution is 2.12. The fourth-order valence-corrected chi connectivity index (χ4v) is 2.97. The Bertz CT molecular complexity index is 599. The molecule has 1 atom stereocenters. The van der Waals surface area contributed by atoms with Gasteiger partial charge in [0.2, 0.25) is 0 Å². The zero-order chi connectivity index (χ0) is 15.1. The van der Waals surface area contributed by atoms with E-state index < -0.39 is 10.8 Å². The molecule has 0 aliphatic heterocycles. The second-order valence-electron chi connectivity index (χ2n) is 4.54. The highest BCUT2D eigenvalue weighted by molar-refractivity contribution is 7.84. The number of hydrogen-bond acceptors (Lipinski definition) is 2. The third-order valence-electron chi connectivity index (χ3n) is 2.87. The molecule has 0 aliphatic rings. The lowest BCUT2D eigenvalue weighted by atomic mass is 10.2. The molecule has 0 saturated heterocycles. The van der Waals surface area contributed by atoms with Crippen LogP contribution >= 0.6 is 0 Å². The van der Waals surface area contributed by atoms with Crippen LogP contribution in [-0.4, -0.2) is 16.6 Å². The second-order valence-corrected chi connectivity index (χ2v) is 6.11. The molecular formula is C16H16F2O2S. The van der Waals surface area contributed by atoms with Crippen molar-refractivity contribution < 1.29 is 17.7 Å². The van der Waals surface area contributed by atoms with Crippen molar-refractivity contribution in [2.75, 3.05) is 12.4 Å². The van der Waals surface area contributed by atoms with E-state index in [2.05, 4.69) is 0 Å². The van der Waals surface area contributed by atoms with Gasteiger partial charge < -0.3 is 4.74 Å². The smallest absolute Gasteiger partial charge is 0.127 e. The van der Waals surface area contributed by atoms with E-state index in [0.717, 1.165) is 0 Å². The lowest BCUT2D eigenvalue weighted by Crippen LogP contribution is -2.07. The van der Waals surface area contributed by atoms with Crippen molar-refractivity contribution in [3.63, 3.8) is 0 Å². The molecule has 0 amide bonds. The first-order valence-corrected chi connectivity index (χ1v) is 8.11. The van der Waals surface area contributed by atoms with Gasteiger partial charge in [-0.15, -0.1) is 0 Å². The summed E-state index contributed by atoms with van der Waals surface area (Å²) in [5.41, 5.74) is 0.468. The van der Waals surface area contributed by atoms with Crippen LogP contribution in [0.3, 0.4) is 0 Å². The van der Waals surface area contributed by atoms with Crippen LogP contribution in [-0.2, 0) is 16.6 Å². The van der Waals surface area contributed by atoms with E-state index in [1.807, 2.05) is 0 Å². The summed E-state index contributed by atoms with van der Waals surface area (Å²) >= 11 is 0. The maximum Gasteiger partial charge on any atom is 0.127 e. The molecule has 0 aliphatic carbocycles. The maximum absolute atomic E-state index is 13.4. The van der Waals surface area contributed by atoms with E-state index in [1.54, 1.807) is 30.3 Å². The van der Waals surface area contributed by atoms with Gasteiger partial charge in [0, 0.05) is 22.1 Å². The van der Waals surface area contributed by atoms with E-state index in [4.69, 9.17) is 4.74 Å². The average molecular weight is 310 g/mol. The molecule has 0 heterocycles. The summed E-state index contributed by atoms with van der Waals surface area (Å²) in [4.78, 5) is 0. The molecular weight excluding hydrogens is 294 g/mol. The largest absolute Gasteiger partial charge is 0.494 e. The molecule has 0 unspecified atom stereocenters. The van der Waals surface area contributed by atoms with Crippen LogP contribution in [0.5, 0.6) is 5.75 Å². The molecule has 0 spiro atoms. The van der Waals surface area contributed by atoms with Crippen molar-refractivity contribution in [1.82, 2.24) is 0 Å². The third-order valence-corrected chi connectivity index (χ3v) is 4.25. The molecule has 0 N–H and O–H groups in total. The van der Waals surface area contributed by atoms with Crippen molar-refractivity contribution in [2.45, 2.75) is 12.2 Å². The molecule has 112 valence electrons. The summed E-state index contributed by atoms with van der Waals surface area (Å²) in [6.45, 7) is 0.397. The minimum atomic E-state index is -1.12. The number of hydrogen-bond donors (Lipinski definition) is 0. The van der Waals surface area contributed by atoms with Crippen LogP contribution in [0, 0.1) is 11.6 Å². The van der Waals surface area contributed by atoms with Crippen molar-refractivity contribution in [3.05, 3.63) is 65.7 Å². The second kappa shape index (κ2) is 7.88. The molecule has 21 heavy (non-hydrogen) atoms. The summed E-state index contributed by atoms with van der Waals surface area (Å²) in [6.07, 6.45) is 0.596. The zero-order valence-corrected chi connectivity index (χ0v) is 12.2. The number of ether oxygens (including phenoxy) is 1. The van der Waals surface area contributed by atoms with Gasteiger partial charge in [0.25, 0.3) is 0 Å². The monoisotopic (exact) mass is 310 g/mol. The summed E-state index contributed by atoms with van der Waals surface area (Å²) < 4.78 is 43.4. The summed E-state index contributed by atoms with van der Waals surface area (Å²) in [6, 6.07) is 12.1. The van der Waals surface area contributed by atoms with Crippen LogP contribution < -0.4 is 4.74 Å². The number of benzene rings is 2. The fraction of sp³-hybridized carbons (Fsp3) is 0.250. The maximum atomic E-state index is 13.4. The lowest BCUT2D eigenvalue weighted by molar-refractivity contribution is 0.318. The third kappa shape index (κ3) is 5.27. The SMILES string of the molecule is O=[S@@](CCCOc1ccc(F)cc1)Cc1ccccc1F. The standard InChI is InChI=1S/C16H16F2O2S/c17-14-6-8-15(9-7-14)20-10-3-11-21(19)12-13-4-1-2-5-16(13)18/h1-2,4-9H,3,10-12H2/t21-/m0/s1. The van der Waals surface area contributed by atoms with E-state index in [1.165, 1.54) is 18.2 Å². The Morgan fingerprint density at radius 3 is 2.43 bits per heavy atom. The van der Waals surface area contributed by atoms with Crippen LogP contribution in [0.1, 0.15) is 12.0 Å². The Morgan fingerprint density at radius 2 is 1.71 bits per heavy atom. The first-order chi connectivity index (χ1) is 10.1. The highest BCUT2D eigenvalue weighted by Gasteiger charge is 2.06. The van der Waals surface area contributed by atoms with Gasteiger partial charge in [0.1, 0.15) is 17.4 Å². The van der Waals surface area contributed by atoms with Crippen molar-refractivity contribution >= 4 is 10.8 Å². The number of halogens is 2. The Hall–Kier alpha value is -1.75. The molecule has 0 radical (unpaired) electrons. The Kier molecular flexibility index (Phi) is 5.87. The molecule has 5 heteroatoms. The molecule has 0 aromatic heterocycles. The van der Waals surface area contributed by atoms with Gasteiger partial charge >= 0.3 is 0 Å². The van der Waals surface area contributed by atoms with Gasteiger partial charge in [-0.3, -0.25) is 4.21 Å². The highest BCUT2D eigenvalue weighted by atomic mass is 32.2. The molecule has 2 aromatic rings. The molecule has 0 saturated carbocycles. The van der Waals surface area contributed by atoms with Crippen LogP contribution in [0.25, 0.3) is 0 Å². The van der Waals surface area contributed by atoms with Gasteiger partial charge in [-0.25, -0.2) is 8.78 Å². The predicted octanol–water partition coefficient (Wildman–Crippen LogP) is 3.68. The van der Waals surface area contributed by atoms with Gasteiger partial charge in [-0.1, -0.05) is 18.2 Å². The summed E-state index contributed by atoms with van der Waals surface area (Å²) in [7, 11) is -1.12. The van der Waals surface area contributed by atoms with Gasteiger partial charge in [0.15, 0.2) is 0 Å². The summed E-state index contributed by atoms with van der Waals surface area (Å²) in [5.74, 6) is 0.594. The predicted molar refractivity (Wildman–Crippen MR) is 79.6 cm³/mol. The van der Waals surface area contributed by atoms with E-state index in [-0.39, 0.29) is 17.4 Å². The van der Waals surface area contributed by atoms with Gasteiger partial charge in [-0.05, 0) is 36.8 Å². The minimum Gasteiger partial charge on any atom is -0.494 e. The van der Waals surface area contributed by atoms with Gasteiger partial charge in [-0.2, -0.15) is 0 Å². The molecule has 0 fully saturated rings. The zero-order valence-electron chi connectivity index (χ0n) is 11.4.